The minimum atomic E-state index is -0.237. The molecule has 0 radical (unpaired) electrons. The molecule has 0 amide bonds. The van der Waals surface area contributed by atoms with Crippen LogP contribution in [0, 0.1) is 0 Å². The lowest BCUT2D eigenvalue weighted by molar-refractivity contribution is -0.140. The van der Waals surface area contributed by atoms with Crippen LogP contribution < -0.4 is 9.47 Å². The largest absolute Gasteiger partial charge is 0.493 e. The Morgan fingerprint density at radius 2 is 1.80 bits per heavy atom. The standard InChI is InChI=1S/C15H17NO4/c1-18-13-8-10-4-5-11(6-7-15(17)20-3)16-12(10)9-14(13)19-2/h4-5,8-9H,6-7H2,1-3H3. The first kappa shape index (κ1) is 14.1. The number of benzene rings is 1. The van der Waals surface area contributed by atoms with Crippen LogP contribution in [0.15, 0.2) is 24.3 Å². The molecule has 0 spiro atoms. The van der Waals surface area contributed by atoms with Crippen LogP contribution in [-0.2, 0) is 16.0 Å². The zero-order valence-corrected chi connectivity index (χ0v) is 11.8. The van der Waals surface area contributed by atoms with Gasteiger partial charge in [0.1, 0.15) is 0 Å². The van der Waals surface area contributed by atoms with Crippen molar-refractivity contribution in [2.24, 2.45) is 0 Å². The lowest BCUT2D eigenvalue weighted by Crippen LogP contribution is -2.03. The number of aromatic nitrogens is 1. The van der Waals surface area contributed by atoms with Crippen LogP contribution in [0.4, 0.5) is 0 Å². The lowest BCUT2D eigenvalue weighted by atomic mass is 10.1. The number of hydrogen-bond donors (Lipinski definition) is 0. The number of rotatable bonds is 5. The van der Waals surface area contributed by atoms with Crippen molar-refractivity contribution in [1.29, 1.82) is 0 Å². The summed E-state index contributed by atoms with van der Waals surface area (Å²) >= 11 is 0. The molecule has 20 heavy (non-hydrogen) atoms. The summed E-state index contributed by atoms with van der Waals surface area (Å²) in [5, 5.41) is 0.962. The van der Waals surface area contributed by atoms with Crippen molar-refractivity contribution in [2.75, 3.05) is 21.3 Å². The first-order valence-electron chi connectivity index (χ1n) is 6.26. The van der Waals surface area contributed by atoms with E-state index in [2.05, 4.69) is 9.72 Å². The molecule has 106 valence electrons. The van der Waals surface area contributed by atoms with Gasteiger partial charge in [-0.2, -0.15) is 0 Å². The first-order chi connectivity index (χ1) is 9.67. The van der Waals surface area contributed by atoms with E-state index in [-0.39, 0.29) is 5.97 Å². The quantitative estimate of drug-likeness (QED) is 0.784. The second-order valence-electron chi connectivity index (χ2n) is 4.28. The highest BCUT2D eigenvalue weighted by Crippen LogP contribution is 2.31. The fraction of sp³-hybridized carbons (Fsp3) is 0.333. The van der Waals surface area contributed by atoms with Crippen LogP contribution in [0.1, 0.15) is 12.1 Å². The average molecular weight is 275 g/mol. The molecule has 1 heterocycles. The van der Waals surface area contributed by atoms with Gasteiger partial charge in [0.2, 0.25) is 0 Å². The summed E-state index contributed by atoms with van der Waals surface area (Å²) in [5.74, 6) is 1.07. The molecule has 0 aliphatic rings. The minimum Gasteiger partial charge on any atom is -0.493 e. The minimum absolute atomic E-state index is 0.237. The predicted molar refractivity (Wildman–Crippen MR) is 75.2 cm³/mol. The van der Waals surface area contributed by atoms with E-state index in [0.717, 1.165) is 16.6 Å². The SMILES string of the molecule is COC(=O)CCc1ccc2cc(OC)c(OC)cc2n1. The van der Waals surface area contributed by atoms with Gasteiger partial charge in [0, 0.05) is 23.6 Å². The van der Waals surface area contributed by atoms with Crippen molar-refractivity contribution in [3.05, 3.63) is 30.0 Å². The number of carbonyl (C=O) groups is 1. The Kier molecular flexibility index (Phi) is 4.40. The van der Waals surface area contributed by atoms with Crippen molar-refractivity contribution in [2.45, 2.75) is 12.8 Å². The second-order valence-corrected chi connectivity index (χ2v) is 4.28. The molecule has 5 heteroatoms. The summed E-state index contributed by atoms with van der Waals surface area (Å²) < 4.78 is 15.1. The summed E-state index contributed by atoms with van der Waals surface area (Å²) in [4.78, 5) is 15.7. The van der Waals surface area contributed by atoms with Gasteiger partial charge in [0.25, 0.3) is 0 Å². The Balaban J connectivity index is 2.31. The van der Waals surface area contributed by atoms with Gasteiger partial charge in [-0.05, 0) is 12.1 Å². The monoisotopic (exact) mass is 275 g/mol. The maximum Gasteiger partial charge on any atom is 0.305 e. The molecular formula is C15H17NO4. The van der Waals surface area contributed by atoms with Gasteiger partial charge in [-0.15, -0.1) is 0 Å². The molecule has 0 unspecified atom stereocenters. The highest BCUT2D eigenvalue weighted by molar-refractivity contribution is 5.83. The number of pyridine rings is 1. The molecular weight excluding hydrogens is 258 g/mol. The Morgan fingerprint density at radius 3 is 2.45 bits per heavy atom. The third-order valence-corrected chi connectivity index (χ3v) is 3.07. The van der Waals surface area contributed by atoms with Crippen molar-refractivity contribution in [3.8, 4) is 11.5 Å². The molecule has 0 N–H and O–H groups in total. The van der Waals surface area contributed by atoms with E-state index in [4.69, 9.17) is 9.47 Å². The summed E-state index contributed by atoms with van der Waals surface area (Å²) in [6, 6.07) is 7.56. The molecule has 1 aromatic carbocycles. The van der Waals surface area contributed by atoms with Gasteiger partial charge >= 0.3 is 5.97 Å². The van der Waals surface area contributed by atoms with Crippen molar-refractivity contribution >= 4 is 16.9 Å². The van der Waals surface area contributed by atoms with E-state index in [0.29, 0.717) is 24.3 Å². The van der Waals surface area contributed by atoms with E-state index < -0.39 is 0 Å². The molecule has 0 atom stereocenters. The summed E-state index contributed by atoms with van der Waals surface area (Å²) in [6.45, 7) is 0. The van der Waals surface area contributed by atoms with Gasteiger partial charge in [0.15, 0.2) is 11.5 Å². The van der Waals surface area contributed by atoms with Crippen LogP contribution in [-0.4, -0.2) is 32.3 Å². The Bertz CT molecular complexity index is 625. The maximum absolute atomic E-state index is 11.1. The predicted octanol–water partition coefficient (Wildman–Crippen LogP) is 2.36. The highest BCUT2D eigenvalue weighted by atomic mass is 16.5. The van der Waals surface area contributed by atoms with Gasteiger partial charge in [0.05, 0.1) is 33.3 Å². The molecule has 2 aromatic rings. The molecule has 5 nitrogen and oxygen atoms in total. The van der Waals surface area contributed by atoms with Crippen LogP contribution >= 0.6 is 0 Å². The summed E-state index contributed by atoms with van der Waals surface area (Å²) in [5.41, 5.74) is 1.65. The van der Waals surface area contributed by atoms with Gasteiger partial charge < -0.3 is 14.2 Å². The molecule has 0 aliphatic heterocycles. The van der Waals surface area contributed by atoms with E-state index in [1.165, 1.54) is 7.11 Å². The van der Waals surface area contributed by atoms with Gasteiger partial charge in [-0.25, -0.2) is 0 Å². The van der Waals surface area contributed by atoms with Crippen LogP contribution in [0.2, 0.25) is 0 Å². The van der Waals surface area contributed by atoms with E-state index in [9.17, 15) is 4.79 Å². The zero-order valence-electron chi connectivity index (χ0n) is 11.8. The van der Waals surface area contributed by atoms with Gasteiger partial charge in [-0.3, -0.25) is 9.78 Å². The van der Waals surface area contributed by atoms with E-state index in [1.54, 1.807) is 14.2 Å². The second kappa shape index (κ2) is 6.23. The first-order valence-corrected chi connectivity index (χ1v) is 6.26. The zero-order chi connectivity index (χ0) is 14.5. The molecule has 0 saturated carbocycles. The number of fused-ring (bicyclic) bond motifs is 1. The number of aryl methyl sites for hydroxylation is 1. The van der Waals surface area contributed by atoms with Crippen LogP contribution in [0.25, 0.3) is 10.9 Å². The number of nitrogens with zero attached hydrogens (tertiary/aromatic N) is 1. The fourth-order valence-electron chi connectivity index (χ4n) is 1.96. The molecule has 1 aromatic heterocycles. The maximum atomic E-state index is 11.1. The number of methoxy groups -OCH3 is 3. The lowest BCUT2D eigenvalue weighted by Gasteiger charge is -2.09. The van der Waals surface area contributed by atoms with Crippen molar-refractivity contribution in [3.63, 3.8) is 0 Å². The van der Waals surface area contributed by atoms with Crippen molar-refractivity contribution in [1.82, 2.24) is 4.98 Å². The molecule has 0 bridgehead atoms. The molecule has 0 aliphatic carbocycles. The van der Waals surface area contributed by atoms with E-state index >= 15 is 0 Å². The molecule has 0 fully saturated rings. The number of hydrogen-bond acceptors (Lipinski definition) is 5. The van der Waals surface area contributed by atoms with E-state index in [1.807, 2.05) is 24.3 Å². The van der Waals surface area contributed by atoms with Crippen LogP contribution in [0.3, 0.4) is 0 Å². The normalized spacial score (nSPS) is 10.3. The Hall–Kier alpha value is -2.30. The van der Waals surface area contributed by atoms with Crippen molar-refractivity contribution < 1.29 is 19.0 Å². The number of carbonyl (C=O) groups excluding carboxylic acids is 1. The number of ether oxygens (including phenoxy) is 3. The van der Waals surface area contributed by atoms with Crippen LogP contribution in [0.5, 0.6) is 11.5 Å². The average Bonchev–Trinajstić information content (AvgIpc) is 2.50. The summed E-state index contributed by atoms with van der Waals surface area (Å²) in [6.07, 6.45) is 0.874. The summed E-state index contributed by atoms with van der Waals surface area (Å²) in [7, 11) is 4.57. The topological polar surface area (TPSA) is 57.7 Å². The highest BCUT2D eigenvalue weighted by Gasteiger charge is 2.08. The number of esters is 1. The van der Waals surface area contributed by atoms with Gasteiger partial charge in [-0.1, -0.05) is 6.07 Å². The smallest absolute Gasteiger partial charge is 0.305 e. The molecule has 2 rings (SSSR count). The Morgan fingerprint density at radius 1 is 1.10 bits per heavy atom. The third kappa shape index (κ3) is 2.99. The molecule has 0 saturated heterocycles. The Labute approximate surface area is 117 Å². The fourth-order valence-corrected chi connectivity index (χ4v) is 1.96. The third-order valence-electron chi connectivity index (χ3n) is 3.07.